The predicted molar refractivity (Wildman–Crippen MR) is 102 cm³/mol. The van der Waals surface area contributed by atoms with Gasteiger partial charge in [0.1, 0.15) is 0 Å². The number of carbonyl (C=O) groups excluding carboxylic acids is 1. The van der Waals surface area contributed by atoms with E-state index in [0.717, 1.165) is 38.8 Å². The Morgan fingerprint density at radius 3 is 2.76 bits per heavy atom. The number of halogens is 1. The van der Waals surface area contributed by atoms with Crippen molar-refractivity contribution in [3.63, 3.8) is 0 Å². The van der Waals surface area contributed by atoms with Gasteiger partial charge >= 0.3 is 0 Å². The molecule has 0 aliphatic carbocycles. The molecule has 1 atom stereocenters. The summed E-state index contributed by atoms with van der Waals surface area (Å²) >= 11 is 0. The quantitative estimate of drug-likeness (QED) is 0.770. The largest absolute Gasteiger partial charge is 0.347 e. The third-order valence-electron chi connectivity index (χ3n) is 4.45. The molecule has 1 amide bonds. The van der Waals surface area contributed by atoms with Gasteiger partial charge in [0.15, 0.2) is 5.69 Å². The maximum Gasteiger partial charge on any atom is 0.274 e. The Hall–Kier alpha value is -1.92. The first-order valence-electron chi connectivity index (χ1n) is 8.72. The molecule has 1 unspecified atom stereocenters. The summed E-state index contributed by atoms with van der Waals surface area (Å²) in [7, 11) is 0. The molecule has 3 rings (SSSR count). The van der Waals surface area contributed by atoms with Crippen molar-refractivity contribution in [2.75, 3.05) is 13.1 Å². The van der Waals surface area contributed by atoms with Crippen molar-refractivity contribution < 1.29 is 4.79 Å². The van der Waals surface area contributed by atoms with Gasteiger partial charge in [0.2, 0.25) is 0 Å². The van der Waals surface area contributed by atoms with Crippen LogP contribution in [0.4, 0.5) is 0 Å². The Balaban J connectivity index is 0.00000225. The number of hydrogen-bond acceptors (Lipinski definition) is 4. The van der Waals surface area contributed by atoms with Crippen LogP contribution in [0.1, 0.15) is 43.1 Å². The smallest absolute Gasteiger partial charge is 0.274 e. The van der Waals surface area contributed by atoms with Gasteiger partial charge in [0.25, 0.3) is 11.5 Å². The van der Waals surface area contributed by atoms with Gasteiger partial charge in [-0.1, -0.05) is 38.0 Å². The molecule has 1 aliphatic rings. The van der Waals surface area contributed by atoms with Crippen LogP contribution in [0.5, 0.6) is 0 Å². The Kier molecular flexibility index (Phi) is 6.96. The first-order valence-corrected chi connectivity index (χ1v) is 8.72. The molecular formula is C18H25ClN4O2. The maximum absolute atomic E-state index is 12.7. The average Bonchev–Trinajstić information content (AvgIpc) is 3.10. The molecule has 25 heavy (non-hydrogen) atoms. The lowest BCUT2D eigenvalue weighted by molar-refractivity contribution is 0.0934. The minimum atomic E-state index is -0.204. The van der Waals surface area contributed by atoms with E-state index in [9.17, 15) is 9.59 Å². The second-order valence-corrected chi connectivity index (χ2v) is 6.29. The summed E-state index contributed by atoms with van der Waals surface area (Å²) in [5.41, 5.74) is 0.217. The predicted octanol–water partition coefficient (Wildman–Crippen LogP) is 2.10. The van der Waals surface area contributed by atoms with Crippen LogP contribution in [0.2, 0.25) is 0 Å². The molecule has 1 aliphatic heterocycles. The standard InChI is InChI=1S/C18H24N4O2.ClH/c1-2-3-6-11-22-18(24)15-8-5-4-7-14(15)16(21-22)17(23)20-13-9-10-19-12-13;/h4-5,7-8,13,19H,2-3,6,9-12H2,1H3,(H,20,23);1H. The normalized spacial score (nSPS) is 16.6. The summed E-state index contributed by atoms with van der Waals surface area (Å²) in [6, 6.07) is 7.34. The SMILES string of the molecule is CCCCCn1nc(C(=O)NC2CCNC2)c2ccccc2c1=O.Cl. The Bertz CT molecular complexity index is 784. The maximum atomic E-state index is 12.7. The second-order valence-electron chi connectivity index (χ2n) is 6.29. The van der Waals surface area contributed by atoms with E-state index < -0.39 is 0 Å². The zero-order chi connectivity index (χ0) is 16.9. The molecule has 7 heteroatoms. The lowest BCUT2D eigenvalue weighted by atomic mass is 10.1. The van der Waals surface area contributed by atoms with Gasteiger partial charge < -0.3 is 10.6 Å². The summed E-state index contributed by atoms with van der Waals surface area (Å²) in [5.74, 6) is -0.204. The van der Waals surface area contributed by atoms with E-state index >= 15 is 0 Å². The molecule has 2 aromatic rings. The van der Waals surface area contributed by atoms with Crippen LogP contribution in [0.3, 0.4) is 0 Å². The lowest BCUT2D eigenvalue weighted by Gasteiger charge is -2.14. The van der Waals surface area contributed by atoms with Crippen molar-refractivity contribution in [3.05, 3.63) is 40.3 Å². The van der Waals surface area contributed by atoms with Crippen LogP contribution in [-0.2, 0) is 6.54 Å². The van der Waals surface area contributed by atoms with E-state index in [1.165, 1.54) is 4.68 Å². The number of aryl methyl sites for hydroxylation is 1. The summed E-state index contributed by atoms with van der Waals surface area (Å²) in [6.07, 6.45) is 3.91. The summed E-state index contributed by atoms with van der Waals surface area (Å²) < 4.78 is 1.44. The highest BCUT2D eigenvalue weighted by Gasteiger charge is 2.21. The molecule has 2 heterocycles. The first kappa shape index (κ1) is 19.4. The van der Waals surface area contributed by atoms with Gasteiger partial charge in [-0.25, -0.2) is 4.68 Å². The van der Waals surface area contributed by atoms with E-state index in [-0.39, 0.29) is 29.9 Å². The van der Waals surface area contributed by atoms with Gasteiger partial charge in [-0.15, -0.1) is 12.4 Å². The van der Waals surface area contributed by atoms with Crippen LogP contribution >= 0.6 is 12.4 Å². The summed E-state index contributed by atoms with van der Waals surface area (Å²) in [6.45, 7) is 4.35. The third-order valence-corrected chi connectivity index (χ3v) is 4.45. The number of nitrogens with one attached hydrogen (secondary N) is 2. The molecule has 0 bridgehead atoms. The zero-order valence-electron chi connectivity index (χ0n) is 14.5. The second kappa shape index (κ2) is 8.97. The number of carbonyl (C=O) groups is 1. The highest BCUT2D eigenvalue weighted by molar-refractivity contribution is 6.04. The molecule has 0 spiro atoms. The van der Waals surface area contributed by atoms with Crippen LogP contribution in [0.25, 0.3) is 10.8 Å². The first-order chi connectivity index (χ1) is 11.7. The number of nitrogens with zero attached hydrogens (tertiary/aromatic N) is 2. The molecule has 0 saturated carbocycles. The number of fused-ring (bicyclic) bond motifs is 1. The number of amides is 1. The fourth-order valence-electron chi connectivity index (χ4n) is 3.10. The molecular weight excluding hydrogens is 340 g/mol. The van der Waals surface area contributed by atoms with Gasteiger partial charge in [-0.3, -0.25) is 9.59 Å². The minimum Gasteiger partial charge on any atom is -0.347 e. The average molecular weight is 365 g/mol. The fraction of sp³-hybridized carbons (Fsp3) is 0.500. The van der Waals surface area contributed by atoms with Gasteiger partial charge in [0.05, 0.1) is 5.39 Å². The summed E-state index contributed by atoms with van der Waals surface area (Å²) in [4.78, 5) is 25.3. The minimum absolute atomic E-state index is 0. The van der Waals surface area contributed by atoms with Gasteiger partial charge in [0, 0.05) is 24.5 Å². The van der Waals surface area contributed by atoms with E-state index in [2.05, 4.69) is 22.7 Å². The van der Waals surface area contributed by atoms with Crippen molar-refractivity contribution >= 4 is 29.1 Å². The Morgan fingerprint density at radius 1 is 1.32 bits per heavy atom. The zero-order valence-corrected chi connectivity index (χ0v) is 15.3. The van der Waals surface area contributed by atoms with Crippen molar-refractivity contribution in [2.24, 2.45) is 0 Å². The molecule has 1 aromatic carbocycles. The van der Waals surface area contributed by atoms with Gasteiger partial charge in [-0.05, 0) is 25.5 Å². The van der Waals surface area contributed by atoms with E-state index in [4.69, 9.17) is 0 Å². The summed E-state index contributed by atoms with van der Waals surface area (Å²) in [5, 5.41) is 11.8. The molecule has 1 fully saturated rings. The number of benzene rings is 1. The molecule has 136 valence electrons. The number of hydrogen-bond donors (Lipinski definition) is 2. The molecule has 1 aromatic heterocycles. The van der Waals surface area contributed by atoms with Crippen molar-refractivity contribution in [1.82, 2.24) is 20.4 Å². The van der Waals surface area contributed by atoms with Crippen LogP contribution < -0.4 is 16.2 Å². The lowest BCUT2D eigenvalue weighted by Crippen LogP contribution is -2.38. The third kappa shape index (κ3) is 4.38. The highest BCUT2D eigenvalue weighted by atomic mass is 35.5. The highest BCUT2D eigenvalue weighted by Crippen LogP contribution is 2.14. The van der Waals surface area contributed by atoms with Crippen molar-refractivity contribution in [2.45, 2.75) is 45.2 Å². The molecule has 6 nitrogen and oxygen atoms in total. The van der Waals surface area contributed by atoms with Crippen molar-refractivity contribution in [3.8, 4) is 0 Å². The van der Waals surface area contributed by atoms with E-state index in [1.54, 1.807) is 12.1 Å². The fourth-order valence-corrected chi connectivity index (χ4v) is 3.10. The molecule has 2 N–H and O–H groups in total. The van der Waals surface area contributed by atoms with E-state index in [1.807, 2.05) is 12.1 Å². The number of aromatic nitrogens is 2. The molecule has 1 saturated heterocycles. The van der Waals surface area contributed by atoms with Crippen LogP contribution in [0, 0.1) is 0 Å². The van der Waals surface area contributed by atoms with E-state index in [0.29, 0.717) is 23.0 Å². The molecule has 0 radical (unpaired) electrons. The van der Waals surface area contributed by atoms with Gasteiger partial charge in [-0.2, -0.15) is 5.10 Å². The Labute approximate surface area is 153 Å². The van der Waals surface area contributed by atoms with Crippen LogP contribution in [-0.4, -0.2) is 34.8 Å². The van der Waals surface area contributed by atoms with Crippen LogP contribution in [0.15, 0.2) is 29.1 Å². The van der Waals surface area contributed by atoms with Crippen molar-refractivity contribution in [1.29, 1.82) is 0 Å². The monoisotopic (exact) mass is 364 g/mol. The Morgan fingerprint density at radius 2 is 2.08 bits per heavy atom. The number of unbranched alkanes of at least 4 members (excludes halogenated alkanes) is 2. The topological polar surface area (TPSA) is 76.0 Å². The number of rotatable bonds is 6.